The highest BCUT2D eigenvalue weighted by atomic mass is 32.2. The summed E-state index contributed by atoms with van der Waals surface area (Å²) in [4.78, 5) is 49.6. The Kier molecular flexibility index (Phi) is 9.66. The van der Waals surface area contributed by atoms with Crippen molar-refractivity contribution < 1.29 is 19.5 Å². The molecule has 0 radical (unpaired) electrons. The molecule has 2 amide bonds. The number of thioether (sulfide) groups is 1. The smallest absolute Gasteiger partial charge is 0.326 e. The number of thiol groups is 1. The second-order valence-electron chi connectivity index (χ2n) is 7.78. The number of aliphatic carboxylic acids is 1. The van der Waals surface area contributed by atoms with Crippen LogP contribution in [-0.2, 0) is 11.3 Å². The van der Waals surface area contributed by atoms with Crippen LogP contribution >= 0.6 is 24.4 Å². The van der Waals surface area contributed by atoms with Gasteiger partial charge in [-0.25, -0.2) is 4.79 Å². The van der Waals surface area contributed by atoms with Gasteiger partial charge >= 0.3 is 5.97 Å². The predicted molar refractivity (Wildman–Crippen MR) is 145 cm³/mol. The zero-order valence-corrected chi connectivity index (χ0v) is 21.1. The Bertz CT molecular complexity index is 1340. The maximum atomic E-state index is 12.8. The van der Waals surface area contributed by atoms with Crippen molar-refractivity contribution in [2.24, 2.45) is 0 Å². The number of aromatic nitrogens is 1. The lowest BCUT2D eigenvalue weighted by Gasteiger charge is -2.17. The highest BCUT2D eigenvalue weighted by Gasteiger charge is 2.22. The normalized spacial score (nSPS) is 11.4. The largest absolute Gasteiger partial charge is 0.480 e. The number of pyridine rings is 1. The number of nitrogens with one attached hydrogen (secondary N) is 2. The standard InChI is InChI=1S/C20H22N2O4S2.C6H3NO/c1-28-10-9-17(19(24)25)22-18(23)15-8-7-13(12-21-20(26)27)11-16(15)14-5-3-2-4-6-14;8-6-4-2-1-3-7-5(4)6/h2-8,11,17H,9-10,12H2,1H3,(H,22,23)(H,24,25)(H2,21,26,27);1-3H. The monoisotopic (exact) mass is 523 g/mol. The number of hydrogen-bond donors (Lipinski definition) is 4. The van der Waals surface area contributed by atoms with Gasteiger partial charge in [-0.1, -0.05) is 49.0 Å². The number of rotatable bonds is 9. The fourth-order valence-corrected chi connectivity index (χ4v) is 3.93. The minimum Gasteiger partial charge on any atom is -0.480 e. The van der Waals surface area contributed by atoms with Crippen molar-refractivity contribution in [3.05, 3.63) is 88.2 Å². The van der Waals surface area contributed by atoms with Crippen LogP contribution in [0.25, 0.3) is 22.0 Å². The molecular weight excluding hydrogens is 498 g/mol. The highest BCUT2D eigenvalue weighted by molar-refractivity contribution is 7.98. The number of hydrogen-bond acceptors (Lipinski definition) is 6. The molecule has 186 valence electrons. The topological polar surface area (TPSA) is 125 Å². The molecule has 1 unspecified atom stereocenters. The van der Waals surface area contributed by atoms with E-state index in [-0.39, 0.29) is 12.0 Å². The first-order valence-electron chi connectivity index (χ1n) is 11.0. The molecule has 36 heavy (non-hydrogen) atoms. The van der Waals surface area contributed by atoms with Crippen molar-refractivity contribution in [1.29, 1.82) is 0 Å². The molecule has 1 aromatic heterocycles. The average molecular weight is 524 g/mol. The van der Waals surface area contributed by atoms with E-state index < -0.39 is 23.2 Å². The van der Waals surface area contributed by atoms with Crippen LogP contribution in [0.4, 0.5) is 4.79 Å². The Hall–Kier alpha value is -3.63. The van der Waals surface area contributed by atoms with Crippen LogP contribution in [0.15, 0.2) is 71.7 Å². The fraction of sp³-hybridized carbons (Fsp3) is 0.192. The third kappa shape index (κ3) is 7.43. The summed E-state index contributed by atoms with van der Waals surface area (Å²) in [6, 6.07) is 17.1. The molecule has 1 heterocycles. The van der Waals surface area contributed by atoms with Crippen LogP contribution in [0, 0.1) is 0 Å². The molecule has 0 aliphatic rings. The Labute approximate surface area is 217 Å². The molecule has 0 saturated carbocycles. The molecule has 8 nitrogen and oxygen atoms in total. The molecule has 0 spiro atoms. The van der Waals surface area contributed by atoms with Crippen LogP contribution in [0.5, 0.6) is 0 Å². The summed E-state index contributed by atoms with van der Waals surface area (Å²) in [6.45, 7) is 0.273. The summed E-state index contributed by atoms with van der Waals surface area (Å²) in [6.07, 6.45) is 3.86. The molecule has 0 aliphatic carbocycles. The van der Waals surface area contributed by atoms with E-state index in [2.05, 4.69) is 28.2 Å². The molecule has 10 heteroatoms. The minimum absolute atomic E-state index is 0.106. The summed E-state index contributed by atoms with van der Waals surface area (Å²) in [5.41, 5.74) is 3.42. The van der Waals surface area contributed by atoms with Crippen LogP contribution in [0.1, 0.15) is 22.3 Å². The number of carbonyl (C=O) groups is 3. The summed E-state index contributed by atoms with van der Waals surface area (Å²) in [5, 5.41) is 14.9. The van der Waals surface area contributed by atoms with E-state index in [9.17, 15) is 24.3 Å². The summed E-state index contributed by atoms with van der Waals surface area (Å²) < 4.78 is 0. The first-order valence-corrected chi connectivity index (χ1v) is 12.8. The first kappa shape index (κ1) is 27.0. The van der Waals surface area contributed by atoms with Crippen LogP contribution < -0.4 is 16.1 Å². The number of amides is 2. The number of fused-ring (bicyclic) bond motifs is 1. The lowest BCUT2D eigenvalue weighted by Crippen LogP contribution is -2.41. The van der Waals surface area contributed by atoms with Gasteiger partial charge in [0.1, 0.15) is 11.6 Å². The summed E-state index contributed by atoms with van der Waals surface area (Å²) in [5.74, 6) is -0.876. The van der Waals surface area contributed by atoms with Crippen molar-refractivity contribution >= 4 is 52.4 Å². The molecule has 1 atom stereocenters. The number of carbonyl (C=O) groups excluding carboxylic acids is 2. The minimum atomic E-state index is -1.06. The van der Waals surface area contributed by atoms with Crippen molar-refractivity contribution in [3.63, 3.8) is 0 Å². The molecule has 0 saturated heterocycles. The maximum absolute atomic E-state index is 12.8. The van der Waals surface area contributed by atoms with Gasteiger partial charge in [-0.05, 0) is 59.4 Å². The Balaban J connectivity index is 0.000000375. The van der Waals surface area contributed by atoms with Crippen LogP contribution in [-0.4, -0.2) is 45.3 Å². The van der Waals surface area contributed by atoms with Gasteiger partial charge < -0.3 is 15.7 Å². The van der Waals surface area contributed by atoms with Gasteiger partial charge in [-0.2, -0.15) is 11.8 Å². The third-order valence-corrected chi connectivity index (χ3v) is 6.08. The van der Waals surface area contributed by atoms with Crippen LogP contribution in [0.3, 0.4) is 0 Å². The van der Waals surface area contributed by atoms with Gasteiger partial charge in [-0.3, -0.25) is 19.4 Å². The van der Waals surface area contributed by atoms with Crippen molar-refractivity contribution in [2.75, 3.05) is 12.0 Å². The van der Waals surface area contributed by atoms with E-state index in [0.29, 0.717) is 28.8 Å². The van der Waals surface area contributed by atoms with E-state index in [4.69, 9.17) is 0 Å². The van der Waals surface area contributed by atoms with Gasteiger partial charge in [0.05, 0.1) is 5.39 Å². The number of nitrogens with zero attached hydrogens (tertiary/aromatic N) is 1. The van der Waals surface area contributed by atoms with E-state index in [0.717, 1.165) is 16.5 Å². The van der Waals surface area contributed by atoms with E-state index in [1.807, 2.05) is 42.7 Å². The Morgan fingerprint density at radius 3 is 2.42 bits per heavy atom. The number of carboxylic acids is 1. The van der Waals surface area contributed by atoms with Gasteiger partial charge in [0.25, 0.3) is 11.1 Å². The number of carboxylic acid groups (broad SMARTS) is 1. The molecular formula is C26H25N3O5S2. The van der Waals surface area contributed by atoms with E-state index in [1.54, 1.807) is 30.5 Å². The van der Waals surface area contributed by atoms with Crippen molar-refractivity contribution in [3.8, 4) is 11.1 Å². The quantitative estimate of drug-likeness (QED) is 0.245. The molecule has 4 rings (SSSR count). The first-order chi connectivity index (χ1) is 17.3. The lowest BCUT2D eigenvalue weighted by molar-refractivity contribution is -0.139. The molecule has 0 aliphatic heterocycles. The summed E-state index contributed by atoms with van der Waals surface area (Å²) >= 11 is 5.21. The second-order valence-corrected chi connectivity index (χ2v) is 9.17. The molecule has 3 aromatic carbocycles. The second kappa shape index (κ2) is 12.9. The lowest BCUT2D eigenvalue weighted by atomic mass is 9.96. The zero-order chi connectivity index (χ0) is 26.1. The molecule has 4 aromatic rings. The fourth-order valence-electron chi connectivity index (χ4n) is 3.38. The summed E-state index contributed by atoms with van der Waals surface area (Å²) in [7, 11) is 0. The maximum Gasteiger partial charge on any atom is 0.326 e. The Morgan fingerprint density at radius 1 is 1.08 bits per heavy atom. The van der Waals surface area contributed by atoms with Gasteiger partial charge in [0, 0.05) is 18.3 Å². The van der Waals surface area contributed by atoms with E-state index >= 15 is 0 Å². The van der Waals surface area contributed by atoms with E-state index in [1.165, 1.54) is 11.8 Å². The van der Waals surface area contributed by atoms with Gasteiger partial charge in [0.2, 0.25) is 5.43 Å². The van der Waals surface area contributed by atoms with Crippen molar-refractivity contribution in [1.82, 2.24) is 15.6 Å². The third-order valence-electron chi connectivity index (χ3n) is 5.28. The SMILES string of the molecule is CSCCC(NC(=O)c1ccc(CNC(=O)S)cc1-c1ccccc1)C(=O)O.O=c1c2cccnc12. The average Bonchev–Trinajstić information content (AvgIpc) is 3.55. The Morgan fingerprint density at radius 2 is 1.83 bits per heavy atom. The van der Waals surface area contributed by atoms with Crippen molar-refractivity contribution in [2.45, 2.75) is 19.0 Å². The highest BCUT2D eigenvalue weighted by Crippen LogP contribution is 2.25. The van der Waals surface area contributed by atoms with Crippen LogP contribution in [0.2, 0.25) is 0 Å². The van der Waals surface area contributed by atoms with Gasteiger partial charge in [-0.15, -0.1) is 0 Å². The number of benzene rings is 2. The molecule has 0 bridgehead atoms. The zero-order valence-electron chi connectivity index (χ0n) is 19.4. The molecule has 0 fully saturated rings. The van der Waals surface area contributed by atoms with Gasteiger partial charge in [0.15, 0.2) is 0 Å². The predicted octanol–water partition coefficient (Wildman–Crippen LogP) is 3.90. The molecule has 3 N–H and O–H groups in total.